The Hall–Kier alpha value is -3.48. The molecule has 2 aromatic carbocycles. The molecule has 7 heteroatoms. The lowest BCUT2D eigenvalue weighted by molar-refractivity contribution is -0.114. The Bertz CT molecular complexity index is 1140. The van der Waals surface area contributed by atoms with Crippen LogP contribution in [0.2, 0.25) is 0 Å². The number of hydrogen-bond donors (Lipinski definition) is 1. The predicted octanol–water partition coefficient (Wildman–Crippen LogP) is 4.29. The summed E-state index contributed by atoms with van der Waals surface area (Å²) in [7, 11) is 0. The first-order valence-electron chi connectivity index (χ1n) is 9.30. The number of hydrogen-bond acceptors (Lipinski definition) is 5. The van der Waals surface area contributed by atoms with E-state index in [2.05, 4.69) is 44.9 Å². The van der Waals surface area contributed by atoms with Crippen LogP contribution in [-0.2, 0) is 17.8 Å². The highest BCUT2D eigenvalue weighted by atomic mass is 16.5. The number of carbonyl (C=O) groups is 1. The van der Waals surface area contributed by atoms with Crippen molar-refractivity contribution >= 4 is 22.6 Å². The van der Waals surface area contributed by atoms with Crippen LogP contribution in [0.25, 0.3) is 33.9 Å². The van der Waals surface area contributed by atoms with Crippen molar-refractivity contribution in [3.05, 3.63) is 48.3 Å². The normalized spacial score (nSPS) is 11.1. The number of fused-ring (bicyclic) bond motifs is 1. The molecule has 1 N–H and O–H groups in total. The van der Waals surface area contributed by atoms with Crippen molar-refractivity contribution < 1.29 is 9.32 Å². The first-order valence-corrected chi connectivity index (χ1v) is 9.30. The first kappa shape index (κ1) is 17.9. The summed E-state index contributed by atoms with van der Waals surface area (Å²) in [5.41, 5.74) is 4.44. The molecule has 0 aliphatic heterocycles. The topological polar surface area (TPSA) is 85.8 Å². The third kappa shape index (κ3) is 3.26. The lowest BCUT2D eigenvalue weighted by Crippen LogP contribution is -2.05. The second-order valence-corrected chi connectivity index (χ2v) is 6.51. The van der Waals surface area contributed by atoms with Crippen molar-refractivity contribution in [2.45, 2.75) is 33.7 Å². The molecule has 28 heavy (non-hydrogen) atoms. The van der Waals surface area contributed by atoms with E-state index in [1.165, 1.54) is 6.92 Å². The Balaban J connectivity index is 1.66. The molecule has 0 saturated heterocycles. The van der Waals surface area contributed by atoms with Crippen LogP contribution in [-0.4, -0.2) is 25.6 Å². The molecule has 0 unspecified atom stereocenters. The van der Waals surface area contributed by atoms with Crippen LogP contribution < -0.4 is 5.32 Å². The molecular formula is C21H21N5O2. The average molecular weight is 375 g/mol. The highest BCUT2D eigenvalue weighted by molar-refractivity contribution is 5.88. The van der Waals surface area contributed by atoms with Gasteiger partial charge in [0.2, 0.25) is 11.7 Å². The molecule has 7 nitrogen and oxygen atoms in total. The summed E-state index contributed by atoms with van der Waals surface area (Å²) in [6.07, 6.45) is 0.888. The van der Waals surface area contributed by atoms with E-state index >= 15 is 0 Å². The van der Waals surface area contributed by atoms with Gasteiger partial charge in [-0.15, -0.1) is 0 Å². The van der Waals surface area contributed by atoms with E-state index in [1.807, 2.05) is 24.3 Å². The van der Waals surface area contributed by atoms with E-state index in [4.69, 9.17) is 4.52 Å². The van der Waals surface area contributed by atoms with Crippen LogP contribution in [0.3, 0.4) is 0 Å². The highest BCUT2D eigenvalue weighted by Gasteiger charge is 2.14. The number of imidazole rings is 1. The number of nitrogens with zero attached hydrogens (tertiary/aromatic N) is 4. The van der Waals surface area contributed by atoms with Crippen LogP contribution in [0.1, 0.15) is 26.6 Å². The largest absolute Gasteiger partial charge is 0.334 e. The van der Waals surface area contributed by atoms with Crippen molar-refractivity contribution in [1.29, 1.82) is 0 Å². The molecule has 4 rings (SSSR count). The van der Waals surface area contributed by atoms with Gasteiger partial charge in [-0.3, -0.25) is 4.79 Å². The van der Waals surface area contributed by atoms with Gasteiger partial charge >= 0.3 is 0 Å². The molecule has 0 fully saturated rings. The van der Waals surface area contributed by atoms with Crippen LogP contribution >= 0.6 is 0 Å². The number of carbonyl (C=O) groups excluding carboxylic acids is 1. The zero-order valence-corrected chi connectivity index (χ0v) is 16.1. The molecule has 0 atom stereocenters. The van der Waals surface area contributed by atoms with E-state index in [-0.39, 0.29) is 5.91 Å². The van der Waals surface area contributed by atoms with E-state index in [9.17, 15) is 4.79 Å². The maximum absolute atomic E-state index is 11.1. The highest BCUT2D eigenvalue weighted by Crippen LogP contribution is 2.26. The maximum Gasteiger partial charge on any atom is 0.258 e. The maximum atomic E-state index is 11.1. The van der Waals surface area contributed by atoms with Crippen LogP contribution in [0, 0.1) is 0 Å². The Morgan fingerprint density at radius 2 is 1.82 bits per heavy atom. The quantitative estimate of drug-likeness (QED) is 0.562. The van der Waals surface area contributed by atoms with Gasteiger partial charge in [0.1, 0.15) is 5.82 Å². The third-order valence-corrected chi connectivity index (χ3v) is 4.60. The van der Waals surface area contributed by atoms with Gasteiger partial charge in [-0.2, -0.15) is 4.98 Å². The fraction of sp³-hybridized carbons (Fsp3) is 0.238. The van der Waals surface area contributed by atoms with Crippen molar-refractivity contribution in [2.24, 2.45) is 0 Å². The predicted molar refractivity (Wildman–Crippen MR) is 108 cm³/mol. The van der Waals surface area contributed by atoms with Gasteiger partial charge in [0, 0.05) is 36.7 Å². The number of aryl methyl sites for hydroxylation is 2. The average Bonchev–Trinajstić information content (AvgIpc) is 3.32. The summed E-state index contributed by atoms with van der Waals surface area (Å²) >= 11 is 0. The van der Waals surface area contributed by atoms with Crippen LogP contribution in [0.4, 0.5) is 5.69 Å². The fourth-order valence-corrected chi connectivity index (χ4v) is 3.29. The van der Waals surface area contributed by atoms with Gasteiger partial charge in [0.15, 0.2) is 0 Å². The lowest BCUT2D eigenvalue weighted by atomic mass is 10.2. The minimum Gasteiger partial charge on any atom is -0.334 e. The van der Waals surface area contributed by atoms with Gasteiger partial charge in [-0.25, -0.2) is 4.98 Å². The van der Waals surface area contributed by atoms with Gasteiger partial charge < -0.3 is 14.4 Å². The number of aromatic nitrogens is 4. The minimum atomic E-state index is -0.110. The van der Waals surface area contributed by atoms with E-state index in [1.54, 1.807) is 12.1 Å². The molecule has 0 spiro atoms. The van der Waals surface area contributed by atoms with Gasteiger partial charge in [0.25, 0.3) is 5.89 Å². The van der Waals surface area contributed by atoms with Crippen molar-refractivity contribution in [3.63, 3.8) is 0 Å². The second-order valence-electron chi connectivity index (χ2n) is 6.51. The molecular weight excluding hydrogens is 354 g/mol. The molecule has 0 saturated carbocycles. The standard InChI is InChI=1S/C21H21N5O2/c1-4-19-23-17-11-8-15(12-18(17)26(19)5-2)20-24-21(28-25-20)14-6-9-16(10-7-14)22-13(3)27/h6-12H,4-5H2,1-3H3,(H,22,27). The van der Waals surface area contributed by atoms with E-state index < -0.39 is 0 Å². The molecule has 0 radical (unpaired) electrons. The first-order chi connectivity index (χ1) is 13.6. The minimum absolute atomic E-state index is 0.110. The molecule has 2 aromatic heterocycles. The summed E-state index contributed by atoms with van der Waals surface area (Å²) < 4.78 is 7.66. The van der Waals surface area contributed by atoms with Crippen LogP contribution in [0.15, 0.2) is 47.0 Å². The van der Waals surface area contributed by atoms with E-state index in [0.29, 0.717) is 11.7 Å². The molecule has 0 bridgehead atoms. The Kier molecular flexibility index (Phi) is 4.65. The zero-order chi connectivity index (χ0) is 19.7. The molecule has 1 amide bonds. The summed E-state index contributed by atoms with van der Waals surface area (Å²) in [6.45, 7) is 6.56. The molecule has 2 heterocycles. The van der Waals surface area contributed by atoms with Gasteiger partial charge in [0.05, 0.1) is 11.0 Å². The molecule has 4 aromatic rings. The smallest absolute Gasteiger partial charge is 0.258 e. The lowest BCUT2D eigenvalue weighted by Gasteiger charge is -2.04. The Morgan fingerprint density at radius 1 is 1.07 bits per heavy atom. The van der Waals surface area contributed by atoms with Crippen LogP contribution in [0.5, 0.6) is 0 Å². The fourth-order valence-electron chi connectivity index (χ4n) is 3.29. The third-order valence-electron chi connectivity index (χ3n) is 4.60. The van der Waals surface area contributed by atoms with E-state index in [0.717, 1.165) is 46.6 Å². The Morgan fingerprint density at radius 3 is 2.50 bits per heavy atom. The number of amides is 1. The zero-order valence-electron chi connectivity index (χ0n) is 16.1. The summed E-state index contributed by atoms with van der Waals surface area (Å²) in [6, 6.07) is 13.3. The molecule has 142 valence electrons. The summed E-state index contributed by atoms with van der Waals surface area (Å²) in [5, 5.41) is 6.87. The van der Waals surface area contributed by atoms with Gasteiger partial charge in [-0.1, -0.05) is 12.1 Å². The SMILES string of the molecule is CCc1nc2ccc(-c3noc(-c4ccc(NC(C)=O)cc4)n3)cc2n1CC. The monoisotopic (exact) mass is 375 g/mol. The van der Waals surface area contributed by atoms with Gasteiger partial charge in [-0.05, 0) is 49.4 Å². The molecule has 0 aliphatic rings. The molecule has 0 aliphatic carbocycles. The summed E-state index contributed by atoms with van der Waals surface area (Å²) in [5.74, 6) is 1.93. The summed E-state index contributed by atoms with van der Waals surface area (Å²) in [4.78, 5) is 20.4. The van der Waals surface area contributed by atoms with Crippen molar-refractivity contribution in [2.75, 3.05) is 5.32 Å². The van der Waals surface area contributed by atoms with Crippen molar-refractivity contribution in [3.8, 4) is 22.8 Å². The number of rotatable bonds is 5. The number of benzene rings is 2. The second kappa shape index (κ2) is 7.26. The van der Waals surface area contributed by atoms with Crippen molar-refractivity contribution in [1.82, 2.24) is 19.7 Å². The Labute approximate surface area is 162 Å². The number of nitrogens with one attached hydrogen (secondary N) is 1. The number of anilines is 1.